The van der Waals surface area contributed by atoms with Crippen molar-refractivity contribution in [3.05, 3.63) is 70.5 Å². The number of nitrogens with zero attached hydrogens (tertiary/aromatic N) is 2. The molecule has 0 fully saturated rings. The molecule has 0 saturated carbocycles. The van der Waals surface area contributed by atoms with Crippen molar-refractivity contribution in [2.24, 2.45) is 4.99 Å². The van der Waals surface area contributed by atoms with Gasteiger partial charge in [-0.1, -0.05) is 47.7 Å². The van der Waals surface area contributed by atoms with Crippen LogP contribution in [0.3, 0.4) is 0 Å². The molecule has 0 atom stereocenters. The van der Waals surface area contributed by atoms with Crippen LogP contribution in [0.4, 0.5) is 0 Å². The number of ether oxygens (including phenoxy) is 2. The molecule has 3 aromatic carbocycles. The molecule has 0 radical (unpaired) electrons. The first-order valence-electron chi connectivity index (χ1n) is 9.92. The molecule has 0 unspecified atom stereocenters. The number of hydrogen-bond acceptors (Lipinski definition) is 5. The van der Waals surface area contributed by atoms with Crippen molar-refractivity contribution in [2.75, 3.05) is 13.7 Å². The van der Waals surface area contributed by atoms with Crippen LogP contribution in [0.2, 0.25) is 0 Å². The summed E-state index contributed by atoms with van der Waals surface area (Å²) >= 11 is 1.37. The van der Waals surface area contributed by atoms with E-state index in [0.717, 1.165) is 26.6 Å². The van der Waals surface area contributed by atoms with Gasteiger partial charge < -0.3 is 14.0 Å². The summed E-state index contributed by atoms with van der Waals surface area (Å²) < 4.78 is 13.3. The predicted octanol–water partition coefficient (Wildman–Crippen LogP) is 4.48. The second-order valence-electron chi connectivity index (χ2n) is 7.01. The van der Waals surface area contributed by atoms with E-state index in [-0.39, 0.29) is 12.5 Å². The lowest BCUT2D eigenvalue weighted by molar-refractivity contribution is -0.143. The van der Waals surface area contributed by atoms with Gasteiger partial charge in [0.1, 0.15) is 12.3 Å². The zero-order chi connectivity index (χ0) is 22.0. The van der Waals surface area contributed by atoms with E-state index in [2.05, 4.69) is 4.99 Å². The number of aryl methyl sites for hydroxylation is 1. The molecule has 4 rings (SSSR count). The fourth-order valence-corrected chi connectivity index (χ4v) is 4.68. The van der Waals surface area contributed by atoms with Crippen LogP contribution in [-0.2, 0) is 16.1 Å². The maximum atomic E-state index is 13.2. The van der Waals surface area contributed by atoms with Crippen LogP contribution in [0, 0.1) is 6.92 Å². The molecular weight excluding hydrogens is 412 g/mol. The van der Waals surface area contributed by atoms with Gasteiger partial charge in [0.15, 0.2) is 4.80 Å². The van der Waals surface area contributed by atoms with Gasteiger partial charge in [0.25, 0.3) is 5.91 Å². The van der Waals surface area contributed by atoms with E-state index in [4.69, 9.17) is 9.47 Å². The number of fused-ring (bicyclic) bond motifs is 2. The number of methoxy groups -OCH3 is 1. The van der Waals surface area contributed by atoms with Crippen molar-refractivity contribution in [2.45, 2.75) is 20.4 Å². The van der Waals surface area contributed by atoms with Gasteiger partial charge in [-0.15, -0.1) is 0 Å². The van der Waals surface area contributed by atoms with Crippen LogP contribution in [-0.4, -0.2) is 30.2 Å². The highest BCUT2D eigenvalue weighted by Gasteiger charge is 2.17. The number of esters is 1. The van der Waals surface area contributed by atoms with Gasteiger partial charge in [0, 0.05) is 0 Å². The van der Waals surface area contributed by atoms with Crippen molar-refractivity contribution >= 4 is 44.2 Å². The Balaban J connectivity index is 1.87. The Morgan fingerprint density at radius 3 is 2.52 bits per heavy atom. The molecule has 6 nitrogen and oxygen atoms in total. The average molecular weight is 435 g/mol. The Labute approximate surface area is 183 Å². The van der Waals surface area contributed by atoms with Gasteiger partial charge >= 0.3 is 5.97 Å². The molecule has 1 heterocycles. The third-order valence-electron chi connectivity index (χ3n) is 4.99. The van der Waals surface area contributed by atoms with Gasteiger partial charge in [0.2, 0.25) is 0 Å². The smallest absolute Gasteiger partial charge is 0.326 e. The number of carbonyl (C=O) groups is 2. The highest BCUT2D eigenvalue weighted by molar-refractivity contribution is 7.16. The number of para-hydroxylation sites is 1. The Kier molecular flexibility index (Phi) is 5.86. The summed E-state index contributed by atoms with van der Waals surface area (Å²) in [6.45, 7) is 4.01. The van der Waals surface area contributed by atoms with Crippen LogP contribution in [0.25, 0.3) is 21.0 Å². The minimum Gasteiger partial charge on any atom is -0.496 e. The molecule has 0 aliphatic heterocycles. The highest BCUT2D eigenvalue weighted by Crippen LogP contribution is 2.27. The summed E-state index contributed by atoms with van der Waals surface area (Å²) in [6, 6.07) is 17.2. The number of thiazole rings is 1. The van der Waals surface area contributed by atoms with Crippen LogP contribution >= 0.6 is 11.3 Å². The third-order valence-corrected chi connectivity index (χ3v) is 6.03. The van der Waals surface area contributed by atoms with Crippen LogP contribution in [0.5, 0.6) is 5.75 Å². The number of hydrogen-bond donors (Lipinski definition) is 0. The molecule has 0 saturated heterocycles. The fraction of sp³-hybridized carbons (Fsp3) is 0.208. The van der Waals surface area contributed by atoms with Crippen LogP contribution in [0.1, 0.15) is 22.8 Å². The topological polar surface area (TPSA) is 69.9 Å². The van der Waals surface area contributed by atoms with Crippen LogP contribution < -0.4 is 9.54 Å². The Bertz CT molecular complexity index is 1370. The van der Waals surface area contributed by atoms with Gasteiger partial charge in [-0.3, -0.25) is 9.59 Å². The van der Waals surface area contributed by atoms with Gasteiger partial charge in [-0.05, 0) is 48.4 Å². The largest absolute Gasteiger partial charge is 0.496 e. The summed E-state index contributed by atoms with van der Waals surface area (Å²) in [7, 11) is 1.53. The van der Waals surface area contributed by atoms with Crippen molar-refractivity contribution in [3.63, 3.8) is 0 Å². The molecule has 7 heteroatoms. The molecule has 0 bridgehead atoms. The Morgan fingerprint density at radius 2 is 1.81 bits per heavy atom. The average Bonchev–Trinajstić information content (AvgIpc) is 3.10. The van der Waals surface area contributed by atoms with E-state index in [0.29, 0.717) is 22.7 Å². The zero-order valence-corrected chi connectivity index (χ0v) is 18.4. The van der Waals surface area contributed by atoms with E-state index in [1.807, 2.05) is 55.5 Å². The molecule has 4 aromatic rings. The van der Waals surface area contributed by atoms with Crippen molar-refractivity contribution < 1.29 is 19.1 Å². The lowest BCUT2D eigenvalue weighted by atomic mass is 10.1. The fourth-order valence-electron chi connectivity index (χ4n) is 3.58. The van der Waals surface area contributed by atoms with E-state index >= 15 is 0 Å². The number of benzene rings is 3. The summed E-state index contributed by atoms with van der Waals surface area (Å²) in [5, 5.41) is 1.90. The number of aromatic nitrogens is 1. The minimum atomic E-state index is -0.426. The summed E-state index contributed by atoms with van der Waals surface area (Å²) in [5.41, 5.74) is 2.24. The van der Waals surface area contributed by atoms with E-state index in [1.165, 1.54) is 18.4 Å². The minimum absolute atomic E-state index is 0.0142. The lowest BCUT2D eigenvalue weighted by Crippen LogP contribution is -2.23. The first-order valence-corrected chi connectivity index (χ1v) is 10.7. The van der Waals surface area contributed by atoms with Crippen molar-refractivity contribution in [1.29, 1.82) is 0 Å². The molecule has 1 amide bonds. The van der Waals surface area contributed by atoms with E-state index in [1.54, 1.807) is 17.6 Å². The lowest BCUT2D eigenvalue weighted by Gasteiger charge is -2.08. The molecule has 0 aliphatic carbocycles. The second kappa shape index (κ2) is 8.73. The molecule has 158 valence electrons. The molecule has 0 spiro atoms. The summed E-state index contributed by atoms with van der Waals surface area (Å²) in [4.78, 5) is 30.3. The molecule has 0 N–H and O–H groups in total. The predicted molar refractivity (Wildman–Crippen MR) is 122 cm³/mol. The van der Waals surface area contributed by atoms with Crippen molar-refractivity contribution in [1.82, 2.24) is 4.57 Å². The maximum absolute atomic E-state index is 13.2. The van der Waals surface area contributed by atoms with E-state index in [9.17, 15) is 9.59 Å². The molecule has 1 aromatic heterocycles. The quantitative estimate of drug-likeness (QED) is 0.435. The molecule has 0 aliphatic rings. The Morgan fingerprint density at radius 1 is 1.06 bits per heavy atom. The normalized spacial score (nSPS) is 11.8. The van der Waals surface area contributed by atoms with Gasteiger partial charge in [-0.25, -0.2) is 0 Å². The standard InChI is InChI=1S/C24H22N2O4S/c1-4-30-21(27)14-26-22-15(2)8-7-11-20(22)31-24(26)25-23(28)18-12-16-9-5-6-10-17(16)13-19(18)29-3/h5-13H,4,14H2,1-3H3. The Hall–Kier alpha value is -3.45. The van der Waals surface area contributed by atoms with Crippen LogP contribution in [0.15, 0.2) is 59.6 Å². The molecule has 31 heavy (non-hydrogen) atoms. The summed E-state index contributed by atoms with van der Waals surface area (Å²) in [5.74, 6) is -0.339. The van der Waals surface area contributed by atoms with Crippen molar-refractivity contribution in [3.8, 4) is 5.75 Å². The zero-order valence-electron chi connectivity index (χ0n) is 17.5. The first kappa shape index (κ1) is 20.8. The maximum Gasteiger partial charge on any atom is 0.326 e. The monoisotopic (exact) mass is 434 g/mol. The third kappa shape index (κ3) is 4.09. The number of carbonyl (C=O) groups excluding carboxylic acids is 2. The summed E-state index contributed by atoms with van der Waals surface area (Å²) in [6.07, 6.45) is 0. The number of rotatable bonds is 5. The number of amides is 1. The van der Waals surface area contributed by atoms with E-state index < -0.39 is 5.91 Å². The SMILES string of the molecule is CCOC(=O)Cn1c(=NC(=O)c2cc3ccccc3cc2OC)sc2cccc(C)c21. The first-order chi connectivity index (χ1) is 15.0. The highest BCUT2D eigenvalue weighted by atomic mass is 32.1. The van der Waals surface area contributed by atoms with Gasteiger partial charge in [-0.2, -0.15) is 4.99 Å². The second-order valence-corrected chi connectivity index (χ2v) is 8.02. The van der Waals surface area contributed by atoms with Gasteiger partial charge in [0.05, 0.1) is 29.5 Å². The molecular formula is C24H22N2O4S.